The number of imidazole rings is 1. The molecule has 18 heavy (non-hydrogen) atoms. The number of nitrogens with zero attached hydrogens (tertiary/aromatic N) is 2. The van der Waals surface area contributed by atoms with Crippen molar-refractivity contribution in [2.24, 2.45) is 5.41 Å². The Kier molecular flexibility index (Phi) is 3.18. The van der Waals surface area contributed by atoms with Crippen molar-refractivity contribution >= 4 is 5.78 Å². The number of hydrogen-bond donors (Lipinski definition) is 1. The van der Waals surface area contributed by atoms with Crippen LogP contribution in [0.5, 0.6) is 0 Å². The van der Waals surface area contributed by atoms with Crippen molar-refractivity contribution in [1.82, 2.24) is 14.9 Å². The number of carbonyl (C=O) groups is 1. The molecule has 0 saturated carbocycles. The second-order valence-corrected chi connectivity index (χ2v) is 4.37. The van der Waals surface area contributed by atoms with Gasteiger partial charge in [-0.15, -0.1) is 0 Å². The van der Waals surface area contributed by atoms with Crippen LogP contribution in [-0.2, 0) is 6.54 Å². The summed E-state index contributed by atoms with van der Waals surface area (Å²) in [7, 11) is 0. The molecule has 0 bridgehead atoms. The lowest BCUT2D eigenvalue weighted by molar-refractivity contribution is -0.197. The minimum Gasteiger partial charge on any atom is -0.329 e. The van der Waals surface area contributed by atoms with Gasteiger partial charge in [0.25, 0.3) is 0 Å². The van der Waals surface area contributed by atoms with Crippen LogP contribution in [0, 0.1) is 5.41 Å². The van der Waals surface area contributed by atoms with E-state index in [2.05, 4.69) is 10.3 Å². The maximum absolute atomic E-state index is 13.2. The van der Waals surface area contributed by atoms with E-state index in [0.29, 0.717) is 6.54 Å². The number of nitrogens with one attached hydrogen (secondary N) is 1. The molecule has 1 saturated heterocycles. The largest absolute Gasteiger partial charge is 0.403 e. The lowest BCUT2D eigenvalue weighted by Crippen LogP contribution is -2.47. The Bertz CT molecular complexity index is 447. The summed E-state index contributed by atoms with van der Waals surface area (Å²) in [6, 6.07) is 0. The van der Waals surface area contributed by atoms with Crippen molar-refractivity contribution in [3.05, 3.63) is 18.2 Å². The maximum atomic E-state index is 13.2. The lowest BCUT2D eigenvalue weighted by Gasteiger charge is -2.28. The highest BCUT2D eigenvalue weighted by molar-refractivity contribution is 5.98. The Morgan fingerprint density at radius 2 is 2.33 bits per heavy atom. The molecule has 1 aromatic rings. The van der Waals surface area contributed by atoms with Crippen LogP contribution in [0.2, 0.25) is 0 Å². The second-order valence-electron chi connectivity index (χ2n) is 4.37. The Labute approximate surface area is 102 Å². The van der Waals surface area contributed by atoms with Crippen LogP contribution in [0.1, 0.15) is 24.0 Å². The predicted octanol–water partition coefficient (Wildman–Crippen LogP) is 1.63. The quantitative estimate of drug-likeness (QED) is 0.841. The molecule has 0 amide bonds. The third-order valence-electron chi connectivity index (χ3n) is 3.39. The smallest absolute Gasteiger partial charge is 0.329 e. The summed E-state index contributed by atoms with van der Waals surface area (Å²) in [6.07, 6.45) is -1.92. The molecule has 0 spiro atoms. The van der Waals surface area contributed by atoms with Gasteiger partial charge in [-0.05, 0) is 19.9 Å². The minimum atomic E-state index is -4.56. The monoisotopic (exact) mass is 261 g/mol. The second kappa shape index (κ2) is 4.38. The molecule has 1 unspecified atom stereocenters. The van der Waals surface area contributed by atoms with Gasteiger partial charge in [-0.2, -0.15) is 13.2 Å². The first-order valence-electron chi connectivity index (χ1n) is 5.76. The number of Topliss-reactive ketones (excluding diaryl/α,β-unsaturated/α-hetero) is 1. The number of carbonyl (C=O) groups excluding carboxylic acids is 1. The van der Waals surface area contributed by atoms with Crippen LogP contribution in [0.4, 0.5) is 13.2 Å². The molecular formula is C11H14F3N3O. The third-order valence-corrected chi connectivity index (χ3v) is 3.39. The zero-order valence-corrected chi connectivity index (χ0v) is 9.92. The first-order valence-corrected chi connectivity index (χ1v) is 5.76. The Morgan fingerprint density at radius 3 is 2.83 bits per heavy atom. The van der Waals surface area contributed by atoms with Gasteiger partial charge in [-0.3, -0.25) is 4.79 Å². The Morgan fingerprint density at radius 1 is 1.61 bits per heavy atom. The zero-order chi connectivity index (χ0) is 13.4. The molecular weight excluding hydrogens is 247 g/mol. The summed E-state index contributed by atoms with van der Waals surface area (Å²) in [5, 5.41) is 2.62. The predicted molar refractivity (Wildman–Crippen MR) is 58.2 cm³/mol. The van der Waals surface area contributed by atoms with E-state index >= 15 is 0 Å². The van der Waals surface area contributed by atoms with Crippen LogP contribution in [-0.4, -0.2) is 34.6 Å². The molecule has 1 fully saturated rings. The number of halogens is 3. The van der Waals surface area contributed by atoms with E-state index in [0.717, 1.165) is 0 Å². The molecule has 0 radical (unpaired) electrons. The van der Waals surface area contributed by atoms with E-state index in [1.54, 1.807) is 6.92 Å². The van der Waals surface area contributed by atoms with Gasteiger partial charge in [0.2, 0.25) is 5.78 Å². The fourth-order valence-corrected chi connectivity index (χ4v) is 2.24. The molecule has 2 rings (SSSR count). The Hall–Kier alpha value is -1.37. The standard InChI is InChI=1S/C11H14F3N3O/c1-2-17-6-5-16-9(17)8(18)10(11(12,13)14)3-4-15-7-10/h5-6,15H,2-4,7H2,1H3. The molecule has 7 heteroatoms. The molecule has 100 valence electrons. The van der Waals surface area contributed by atoms with Gasteiger partial charge in [-0.1, -0.05) is 0 Å². The number of alkyl halides is 3. The van der Waals surface area contributed by atoms with Crippen molar-refractivity contribution in [3.8, 4) is 0 Å². The first kappa shape index (κ1) is 13.1. The molecule has 2 heterocycles. The summed E-state index contributed by atoms with van der Waals surface area (Å²) >= 11 is 0. The van der Waals surface area contributed by atoms with E-state index in [9.17, 15) is 18.0 Å². The van der Waals surface area contributed by atoms with Gasteiger partial charge in [0, 0.05) is 25.5 Å². The Balaban J connectivity index is 2.42. The average Bonchev–Trinajstić information content (AvgIpc) is 2.96. The van der Waals surface area contributed by atoms with Crippen molar-refractivity contribution < 1.29 is 18.0 Å². The van der Waals surface area contributed by atoms with Crippen molar-refractivity contribution in [1.29, 1.82) is 0 Å². The summed E-state index contributed by atoms with van der Waals surface area (Å²) in [5.41, 5.74) is -2.33. The van der Waals surface area contributed by atoms with Crippen molar-refractivity contribution in [3.63, 3.8) is 0 Å². The highest BCUT2D eigenvalue weighted by Gasteiger charge is 2.62. The van der Waals surface area contributed by atoms with E-state index < -0.39 is 17.4 Å². The van der Waals surface area contributed by atoms with E-state index in [4.69, 9.17) is 0 Å². The molecule has 1 aromatic heterocycles. The van der Waals surface area contributed by atoms with Gasteiger partial charge in [0.05, 0.1) is 0 Å². The van der Waals surface area contributed by atoms with Crippen LogP contribution in [0.15, 0.2) is 12.4 Å². The maximum Gasteiger partial charge on any atom is 0.403 e. The molecule has 0 aliphatic carbocycles. The lowest BCUT2D eigenvalue weighted by atomic mass is 9.81. The third kappa shape index (κ3) is 1.82. The SMILES string of the molecule is CCn1ccnc1C(=O)C1(C(F)(F)F)CCNC1. The van der Waals surface area contributed by atoms with Crippen LogP contribution in [0.25, 0.3) is 0 Å². The minimum absolute atomic E-state index is 0.112. The molecule has 1 aliphatic rings. The van der Waals surface area contributed by atoms with Crippen LogP contribution in [0.3, 0.4) is 0 Å². The fourth-order valence-electron chi connectivity index (χ4n) is 2.24. The highest BCUT2D eigenvalue weighted by atomic mass is 19.4. The van der Waals surface area contributed by atoms with Crippen LogP contribution >= 0.6 is 0 Å². The number of aryl methyl sites for hydroxylation is 1. The van der Waals surface area contributed by atoms with Gasteiger partial charge in [-0.25, -0.2) is 4.98 Å². The normalized spacial score (nSPS) is 24.4. The van der Waals surface area contributed by atoms with Crippen LogP contribution < -0.4 is 5.32 Å². The van der Waals surface area contributed by atoms with Gasteiger partial charge in [0.15, 0.2) is 5.82 Å². The van der Waals surface area contributed by atoms with Gasteiger partial charge >= 0.3 is 6.18 Å². The van der Waals surface area contributed by atoms with E-state index in [1.807, 2.05) is 0 Å². The van der Waals surface area contributed by atoms with E-state index in [-0.39, 0.29) is 25.3 Å². The number of ketones is 1. The van der Waals surface area contributed by atoms with E-state index in [1.165, 1.54) is 17.0 Å². The zero-order valence-electron chi connectivity index (χ0n) is 9.92. The summed E-state index contributed by atoms with van der Waals surface area (Å²) in [6.45, 7) is 2.00. The molecule has 0 aromatic carbocycles. The van der Waals surface area contributed by atoms with Gasteiger partial charge < -0.3 is 9.88 Å². The summed E-state index contributed by atoms with van der Waals surface area (Å²) in [4.78, 5) is 16.0. The number of aromatic nitrogens is 2. The topological polar surface area (TPSA) is 46.9 Å². The highest BCUT2D eigenvalue weighted by Crippen LogP contribution is 2.45. The summed E-state index contributed by atoms with van der Waals surface area (Å²) < 4.78 is 41.0. The molecule has 1 atom stereocenters. The van der Waals surface area contributed by atoms with Gasteiger partial charge in [0.1, 0.15) is 5.41 Å². The number of rotatable bonds is 3. The van der Waals surface area contributed by atoms with Crippen molar-refractivity contribution in [2.45, 2.75) is 26.1 Å². The first-order chi connectivity index (χ1) is 8.42. The molecule has 4 nitrogen and oxygen atoms in total. The summed E-state index contributed by atoms with van der Waals surface area (Å²) in [5.74, 6) is -1.05. The number of hydrogen-bond acceptors (Lipinski definition) is 3. The molecule has 1 N–H and O–H groups in total. The molecule has 1 aliphatic heterocycles. The fraction of sp³-hybridized carbons (Fsp3) is 0.636. The average molecular weight is 261 g/mol. The van der Waals surface area contributed by atoms with Crippen molar-refractivity contribution in [2.75, 3.05) is 13.1 Å².